The minimum absolute atomic E-state index is 0.00205. The van der Waals surface area contributed by atoms with E-state index in [2.05, 4.69) is 0 Å². The number of fused-ring (bicyclic) bond motifs is 4. The van der Waals surface area contributed by atoms with Gasteiger partial charge < -0.3 is 18.9 Å². The number of hydrogen-bond donors (Lipinski definition) is 0. The summed E-state index contributed by atoms with van der Waals surface area (Å²) in [6.45, 7) is 0.246. The van der Waals surface area contributed by atoms with E-state index in [0.717, 1.165) is 51.8 Å². The molecule has 3 aliphatic rings. The first-order valence-electron chi connectivity index (χ1n) is 10.1. The average Bonchev–Trinajstić information content (AvgIpc) is 3.45. The zero-order valence-electron chi connectivity index (χ0n) is 16.7. The number of ether oxygens (including phenoxy) is 4. The van der Waals surface area contributed by atoms with E-state index in [1.807, 2.05) is 65.7 Å². The van der Waals surface area contributed by atoms with Crippen LogP contribution in [0.25, 0.3) is 0 Å². The Kier molecular flexibility index (Phi) is 4.21. The predicted molar refractivity (Wildman–Crippen MR) is 116 cm³/mol. The molecule has 2 atom stereocenters. The Morgan fingerprint density at radius 1 is 0.968 bits per heavy atom. The zero-order chi connectivity index (χ0) is 20.9. The van der Waals surface area contributed by atoms with E-state index in [9.17, 15) is 0 Å². The van der Waals surface area contributed by atoms with Gasteiger partial charge in [-0.2, -0.15) is 5.10 Å². The monoisotopic (exact) mass is 434 g/mol. The number of methoxy groups -OCH3 is 1. The van der Waals surface area contributed by atoms with Crippen LogP contribution in [0, 0.1) is 0 Å². The molecule has 3 aromatic carbocycles. The van der Waals surface area contributed by atoms with Gasteiger partial charge in [0.15, 0.2) is 11.5 Å². The molecule has 3 aromatic rings. The summed E-state index contributed by atoms with van der Waals surface area (Å²) >= 11 is 6.32. The highest BCUT2D eigenvalue weighted by Gasteiger charge is 2.42. The van der Waals surface area contributed by atoms with Crippen molar-refractivity contribution in [1.29, 1.82) is 0 Å². The van der Waals surface area contributed by atoms with Gasteiger partial charge in [-0.05, 0) is 48.5 Å². The molecule has 0 fully saturated rings. The van der Waals surface area contributed by atoms with E-state index in [4.69, 9.17) is 35.6 Å². The highest BCUT2D eigenvalue weighted by molar-refractivity contribution is 6.30. The third-order valence-electron chi connectivity index (χ3n) is 5.86. The van der Waals surface area contributed by atoms with E-state index in [-0.39, 0.29) is 12.8 Å². The number of halogens is 1. The van der Waals surface area contributed by atoms with Crippen molar-refractivity contribution in [1.82, 2.24) is 5.01 Å². The predicted octanol–water partition coefficient (Wildman–Crippen LogP) is 5.32. The quantitative estimate of drug-likeness (QED) is 0.558. The van der Waals surface area contributed by atoms with Crippen molar-refractivity contribution in [3.05, 3.63) is 82.4 Å². The second-order valence-corrected chi connectivity index (χ2v) is 8.05. The van der Waals surface area contributed by atoms with Gasteiger partial charge in [-0.25, -0.2) is 5.01 Å². The maximum atomic E-state index is 6.42. The summed E-state index contributed by atoms with van der Waals surface area (Å²) < 4.78 is 23.0. The maximum Gasteiger partial charge on any atom is 0.231 e. The summed E-state index contributed by atoms with van der Waals surface area (Å²) in [6.07, 6.45) is 0.309. The van der Waals surface area contributed by atoms with Crippen LogP contribution in [0.5, 0.6) is 23.0 Å². The van der Waals surface area contributed by atoms with Gasteiger partial charge >= 0.3 is 0 Å². The Balaban J connectivity index is 1.46. The molecule has 0 bridgehead atoms. The molecule has 156 valence electrons. The summed E-state index contributed by atoms with van der Waals surface area (Å²) in [5, 5.41) is 7.68. The molecule has 0 saturated heterocycles. The van der Waals surface area contributed by atoms with Gasteiger partial charge in [0.25, 0.3) is 0 Å². The van der Waals surface area contributed by atoms with Crippen LogP contribution in [0.2, 0.25) is 5.02 Å². The van der Waals surface area contributed by atoms with Gasteiger partial charge in [0, 0.05) is 22.6 Å². The van der Waals surface area contributed by atoms with Crippen molar-refractivity contribution in [2.24, 2.45) is 5.10 Å². The van der Waals surface area contributed by atoms with Crippen LogP contribution < -0.4 is 18.9 Å². The molecule has 3 aliphatic heterocycles. The van der Waals surface area contributed by atoms with E-state index in [1.165, 1.54) is 0 Å². The first-order chi connectivity index (χ1) is 15.2. The lowest BCUT2D eigenvalue weighted by molar-refractivity contribution is -0.0203. The first kappa shape index (κ1) is 18.4. The molecule has 6 nitrogen and oxygen atoms in total. The molecule has 0 aliphatic carbocycles. The molecule has 0 spiro atoms. The fraction of sp³-hybridized carbons (Fsp3) is 0.208. The normalized spacial score (nSPS) is 20.6. The molecule has 0 N–H and O–H groups in total. The molecule has 31 heavy (non-hydrogen) atoms. The van der Waals surface area contributed by atoms with Crippen LogP contribution in [0.15, 0.2) is 65.8 Å². The third kappa shape index (κ3) is 2.98. The molecule has 0 aromatic heterocycles. The number of rotatable bonds is 3. The first-order valence-corrected chi connectivity index (χ1v) is 10.4. The SMILES string of the molecule is COc1ccccc1C1Oc2ccc(Cl)cc2C2CC(c3ccc4c(c3)OCO4)=NN21. The van der Waals surface area contributed by atoms with Crippen LogP contribution in [-0.4, -0.2) is 24.6 Å². The largest absolute Gasteiger partial charge is 0.496 e. The maximum absolute atomic E-state index is 6.42. The van der Waals surface area contributed by atoms with Crippen molar-refractivity contribution >= 4 is 17.3 Å². The van der Waals surface area contributed by atoms with Crippen molar-refractivity contribution in [3.8, 4) is 23.0 Å². The Labute approximate surface area is 184 Å². The standard InChI is InChI=1S/C24H19ClN2O4/c1-28-20-5-3-2-4-16(20)24-27-19(17-11-15(25)7-9-21(17)31-24)12-18(26-27)14-6-8-22-23(10-14)30-13-29-22/h2-11,19,24H,12-13H2,1H3. The van der Waals surface area contributed by atoms with Gasteiger partial charge in [0.2, 0.25) is 13.0 Å². The molecular weight excluding hydrogens is 416 g/mol. The Morgan fingerprint density at radius 2 is 1.81 bits per heavy atom. The molecule has 6 rings (SSSR count). The summed E-state index contributed by atoms with van der Waals surface area (Å²) in [4.78, 5) is 0. The lowest BCUT2D eigenvalue weighted by Gasteiger charge is -2.38. The van der Waals surface area contributed by atoms with E-state index < -0.39 is 6.23 Å². The molecular formula is C24H19ClN2O4. The summed E-state index contributed by atoms with van der Waals surface area (Å²) in [7, 11) is 1.66. The lowest BCUT2D eigenvalue weighted by atomic mass is 9.95. The van der Waals surface area contributed by atoms with Crippen LogP contribution >= 0.6 is 11.6 Å². The van der Waals surface area contributed by atoms with Gasteiger partial charge in [0.1, 0.15) is 11.5 Å². The number of para-hydroxylation sites is 1. The van der Waals surface area contributed by atoms with Crippen molar-refractivity contribution in [2.45, 2.75) is 18.7 Å². The molecule has 0 saturated carbocycles. The minimum atomic E-state index is -0.415. The van der Waals surface area contributed by atoms with Crippen molar-refractivity contribution in [3.63, 3.8) is 0 Å². The van der Waals surface area contributed by atoms with E-state index in [0.29, 0.717) is 5.02 Å². The lowest BCUT2D eigenvalue weighted by Crippen LogP contribution is -2.33. The summed E-state index contributed by atoms with van der Waals surface area (Å²) in [5.74, 6) is 3.07. The number of nitrogens with zero attached hydrogens (tertiary/aromatic N) is 2. The van der Waals surface area contributed by atoms with Crippen LogP contribution in [-0.2, 0) is 0 Å². The Hall–Kier alpha value is -3.38. The molecule has 0 amide bonds. The minimum Gasteiger partial charge on any atom is -0.496 e. The highest BCUT2D eigenvalue weighted by atomic mass is 35.5. The van der Waals surface area contributed by atoms with E-state index >= 15 is 0 Å². The smallest absolute Gasteiger partial charge is 0.231 e. The fourth-order valence-corrected chi connectivity index (χ4v) is 4.56. The van der Waals surface area contributed by atoms with Crippen molar-refractivity contribution < 1.29 is 18.9 Å². The van der Waals surface area contributed by atoms with Crippen LogP contribution in [0.3, 0.4) is 0 Å². The fourth-order valence-electron chi connectivity index (χ4n) is 4.38. The Morgan fingerprint density at radius 3 is 2.71 bits per heavy atom. The summed E-state index contributed by atoms with van der Waals surface area (Å²) in [5.41, 5.74) is 3.91. The number of hydrogen-bond acceptors (Lipinski definition) is 6. The molecule has 3 heterocycles. The zero-order valence-corrected chi connectivity index (χ0v) is 17.5. The Bertz CT molecular complexity index is 1210. The van der Waals surface area contributed by atoms with Gasteiger partial charge in [-0.1, -0.05) is 23.7 Å². The molecule has 0 radical (unpaired) electrons. The van der Waals surface area contributed by atoms with Crippen LogP contribution in [0.4, 0.5) is 0 Å². The second kappa shape index (κ2) is 7.10. The number of hydrazone groups is 1. The van der Waals surface area contributed by atoms with Crippen molar-refractivity contribution in [2.75, 3.05) is 13.9 Å². The van der Waals surface area contributed by atoms with Gasteiger partial charge in [-0.3, -0.25) is 0 Å². The van der Waals surface area contributed by atoms with Crippen LogP contribution in [0.1, 0.15) is 35.4 Å². The van der Waals surface area contributed by atoms with E-state index in [1.54, 1.807) is 7.11 Å². The van der Waals surface area contributed by atoms with Gasteiger partial charge in [-0.15, -0.1) is 0 Å². The topological polar surface area (TPSA) is 52.5 Å². The molecule has 2 unspecified atom stereocenters. The number of benzene rings is 3. The average molecular weight is 435 g/mol. The third-order valence-corrected chi connectivity index (χ3v) is 6.10. The second-order valence-electron chi connectivity index (χ2n) is 7.61. The highest BCUT2D eigenvalue weighted by Crippen LogP contribution is 2.49. The van der Waals surface area contributed by atoms with Gasteiger partial charge in [0.05, 0.1) is 24.4 Å². The summed E-state index contributed by atoms with van der Waals surface area (Å²) in [6, 6.07) is 19.5. The molecule has 7 heteroatoms.